The fourth-order valence-corrected chi connectivity index (χ4v) is 4.37. The van der Waals surface area contributed by atoms with Crippen LogP contribution in [0.5, 0.6) is 0 Å². The number of aromatic nitrogens is 6. The van der Waals surface area contributed by atoms with E-state index in [-0.39, 0.29) is 29.5 Å². The van der Waals surface area contributed by atoms with Crippen LogP contribution in [0.2, 0.25) is 0 Å². The molecular weight excluding hydrogens is 504 g/mol. The maximum Gasteiger partial charge on any atom is 0.519 e. The van der Waals surface area contributed by atoms with E-state index in [1.807, 2.05) is 55.5 Å². The lowest BCUT2D eigenvalue weighted by molar-refractivity contribution is 0.0426. The van der Waals surface area contributed by atoms with Crippen LogP contribution < -0.4 is 5.82 Å². The first-order chi connectivity index (χ1) is 19.0. The number of hydrogen-bond acceptors (Lipinski definition) is 10. The fourth-order valence-electron chi connectivity index (χ4n) is 4.37. The van der Waals surface area contributed by atoms with Gasteiger partial charge in [0.2, 0.25) is 0 Å². The third-order valence-corrected chi connectivity index (χ3v) is 6.24. The van der Waals surface area contributed by atoms with E-state index in [1.54, 1.807) is 11.5 Å². The van der Waals surface area contributed by atoms with Gasteiger partial charge in [-0.3, -0.25) is 0 Å². The quantitative estimate of drug-likeness (QED) is 0.256. The van der Waals surface area contributed by atoms with Crippen LogP contribution in [0.4, 0.5) is 0 Å². The summed E-state index contributed by atoms with van der Waals surface area (Å²) in [5.41, 5.74) is 4.10. The van der Waals surface area contributed by atoms with Crippen LogP contribution >= 0.6 is 0 Å². The molecule has 0 spiro atoms. The Morgan fingerprint density at radius 2 is 1.87 bits per heavy atom. The zero-order valence-electron chi connectivity index (χ0n) is 21.4. The molecule has 0 amide bonds. The minimum absolute atomic E-state index is 0.121. The zero-order valence-corrected chi connectivity index (χ0v) is 21.4. The number of rotatable bonds is 10. The number of aryl methyl sites for hydroxylation is 2. The van der Waals surface area contributed by atoms with Crippen molar-refractivity contribution >= 4 is 5.97 Å². The summed E-state index contributed by atoms with van der Waals surface area (Å²) >= 11 is 0. The van der Waals surface area contributed by atoms with E-state index in [4.69, 9.17) is 13.6 Å². The molecule has 0 bridgehead atoms. The standard InChI is InChI=1S/C27H26N6O6/c1-3-6-23-28-21(14-34)24(26(35)37-15-22-16(2)38-27(36)39-22)33(23)13-17-9-11-18(12-10-17)19-7-4-5-8-20(19)25-29-31-32-30-25/h4-5,7-12,34H,3,6,13-15H2,1-2H3,(H,29,30,31,32). The largest absolute Gasteiger partial charge is 0.519 e. The number of aliphatic hydroxyl groups is 1. The summed E-state index contributed by atoms with van der Waals surface area (Å²) < 4.78 is 16.9. The number of nitrogens with one attached hydrogen (secondary N) is 1. The molecule has 0 saturated carbocycles. The van der Waals surface area contributed by atoms with E-state index in [9.17, 15) is 14.7 Å². The summed E-state index contributed by atoms with van der Waals surface area (Å²) in [6.45, 7) is 3.17. The number of carbonyl (C=O) groups excluding carboxylic acids is 1. The highest BCUT2D eigenvalue weighted by Gasteiger charge is 2.25. The molecule has 12 heteroatoms. The highest BCUT2D eigenvalue weighted by atomic mass is 16.6. The normalized spacial score (nSPS) is 11.2. The molecule has 12 nitrogen and oxygen atoms in total. The number of aromatic amines is 1. The molecule has 5 rings (SSSR count). The van der Waals surface area contributed by atoms with E-state index < -0.39 is 18.4 Å². The molecular formula is C27H26N6O6. The van der Waals surface area contributed by atoms with Crippen LogP contribution in [0.15, 0.2) is 62.2 Å². The fraction of sp³-hybridized carbons (Fsp3) is 0.259. The molecule has 5 aromatic rings. The van der Waals surface area contributed by atoms with E-state index >= 15 is 0 Å². The van der Waals surface area contributed by atoms with Gasteiger partial charge in [0, 0.05) is 18.5 Å². The first-order valence-electron chi connectivity index (χ1n) is 12.4. The Balaban J connectivity index is 1.43. The second-order valence-corrected chi connectivity index (χ2v) is 8.82. The number of benzene rings is 2. The Morgan fingerprint density at radius 1 is 1.10 bits per heavy atom. The van der Waals surface area contributed by atoms with Gasteiger partial charge in [0.15, 0.2) is 29.6 Å². The molecule has 0 radical (unpaired) electrons. The van der Waals surface area contributed by atoms with Gasteiger partial charge in [0.25, 0.3) is 0 Å². The predicted octanol–water partition coefficient (Wildman–Crippen LogP) is 3.43. The lowest BCUT2D eigenvalue weighted by atomic mass is 9.98. The van der Waals surface area contributed by atoms with Gasteiger partial charge in [-0.25, -0.2) is 19.7 Å². The molecule has 2 aromatic carbocycles. The number of nitrogens with zero attached hydrogens (tertiary/aromatic N) is 5. The molecule has 3 aromatic heterocycles. The van der Waals surface area contributed by atoms with E-state index in [2.05, 4.69) is 25.6 Å². The van der Waals surface area contributed by atoms with Crippen molar-refractivity contribution in [3.8, 4) is 22.5 Å². The van der Waals surface area contributed by atoms with Gasteiger partial charge >= 0.3 is 11.8 Å². The summed E-state index contributed by atoms with van der Waals surface area (Å²) in [5.74, 6) is 0.0257. The topological polar surface area (TPSA) is 162 Å². The van der Waals surface area contributed by atoms with Gasteiger partial charge < -0.3 is 23.2 Å². The Bertz CT molecular complexity index is 1630. The number of ether oxygens (including phenoxy) is 1. The number of hydrogen-bond donors (Lipinski definition) is 2. The Labute approximate surface area is 222 Å². The zero-order chi connectivity index (χ0) is 27.4. The molecule has 0 unspecified atom stereocenters. The molecule has 39 heavy (non-hydrogen) atoms. The van der Waals surface area contributed by atoms with Crippen LogP contribution in [-0.4, -0.2) is 41.3 Å². The minimum Gasteiger partial charge on any atom is -0.453 e. The number of esters is 1. The lowest BCUT2D eigenvalue weighted by Gasteiger charge is -2.13. The third kappa shape index (κ3) is 5.41. The van der Waals surface area contributed by atoms with Crippen molar-refractivity contribution in [1.82, 2.24) is 30.2 Å². The summed E-state index contributed by atoms with van der Waals surface area (Å²) in [7, 11) is 0. The molecule has 0 aliphatic rings. The highest BCUT2D eigenvalue weighted by molar-refractivity contribution is 5.89. The van der Waals surface area contributed by atoms with Crippen molar-refractivity contribution in [2.75, 3.05) is 0 Å². The molecule has 0 aliphatic carbocycles. The van der Waals surface area contributed by atoms with Crippen molar-refractivity contribution < 1.29 is 23.5 Å². The van der Waals surface area contributed by atoms with Crippen LogP contribution in [0.1, 0.15) is 52.4 Å². The molecule has 2 N–H and O–H groups in total. The molecule has 0 aliphatic heterocycles. The van der Waals surface area contributed by atoms with Crippen molar-refractivity contribution in [1.29, 1.82) is 0 Å². The van der Waals surface area contributed by atoms with Gasteiger partial charge in [-0.15, -0.1) is 5.10 Å². The summed E-state index contributed by atoms with van der Waals surface area (Å²) in [5, 5.41) is 24.2. The lowest BCUT2D eigenvalue weighted by Crippen LogP contribution is -2.16. The Hall–Kier alpha value is -4.84. The average molecular weight is 531 g/mol. The first kappa shape index (κ1) is 25.8. The van der Waals surface area contributed by atoms with Crippen LogP contribution in [0.25, 0.3) is 22.5 Å². The number of imidazole rings is 1. The monoisotopic (exact) mass is 530 g/mol. The summed E-state index contributed by atoms with van der Waals surface area (Å²) in [6, 6.07) is 15.7. The maximum atomic E-state index is 13.2. The van der Waals surface area contributed by atoms with E-state index in [0.29, 0.717) is 24.6 Å². The van der Waals surface area contributed by atoms with Crippen molar-refractivity contribution in [2.45, 2.75) is 46.4 Å². The number of H-pyrrole nitrogens is 1. The van der Waals surface area contributed by atoms with Gasteiger partial charge in [0.1, 0.15) is 5.82 Å². The van der Waals surface area contributed by atoms with Gasteiger partial charge in [-0.2, -0.15) is 0 Å². The van der Waals surface area contributed by atoms with Crippen molar-refractivity contribution in [2.24, 2.45) is 0 Å². The molecule has 0 saturated heterocycles. The first-order valence-corrected chi connectivity index (χ1v) is 12.4. The van der Waals surface area contributed by atoms with Crippen LogP contribution in [-0.2, 0) is 30.9 Å². The molecule has 0 fully saturated rings. The second kappa shape index (κ2) is 11.3. The van der Waals surface area contributed by atoms with E-state index in [0.717, 1.165) is 28.7 Å². The Morgan fingerprint density at radius 3 is 2.51 bits per heavy atom. The van der Waals surface area contributed by atoms with Crippen molar-refractivity contribution in [3.05, 3.63) is 93.4 Å². The minimum atomic E-state index is -0.867. The van der Waals surface area contributed by atoms with Crippen LogP contribution in [0, 0.1) is 6.92 Å². The number of aliphatic hydroxyl groups excluding tert-OH is 1. The number of carbonyl (C=O) groups is 1. The van der Waals surface area contributed by atoms with Gasteiger partial charge in [0.05, 0.1) is 12.3 Å². The number of tetrazole rings is 1. The third-order valence-electron chi connectivity index (χ3n) is 6.24. The van der Waals surface area contributed by atoms with Gasteiger partial charge in [-0.05, 0) is 40.5 Å². The molecule has 3 heterocycles. The summed E-state index contributed by atoms with van der Waals surface area (Å²) in [4.78, 5) is 29.0. The second-order valence-electron chi connectivity index (χ2n) is 8.82. The molecule has 0 atom stereocenters. The average Bonchev–Trinajstić information content (AvgIpc) is 3.67. The van der Waals surface area contributed by atoms with Gasteiger partial charge in [-0.1, -0.05) is 55.5 Å². The highest BCUT2D eigenvalue weighted by Crippen LogP contribution is 2.30. The summed E-state index contributed by atoms with van der Waals surface area (Å²) in [6.07, 6.45) is 1.40. The maximum absolute atomic E-state index is 13.2. The van der Waals surface area contributed by atoms with E-state index in [1.165, 1.54) is 0 Å². The molecule has 200 valence electrons. The smallest absolute Gasteiger partial charge is 0.453 e. The van der Waals surface area contributed by atoms with Crippen LogP contribution in [0.3, 0.4) is 0 Å². The Kier molecular flexibility index (Phi) is 7.46. The van der Waals surface area contributed by atoms with Crippen molar-refractivity contribution in [3.63, 3.8) is 0 Å². The predicted molar refractivity (Wildman–Crippen MR) is 137 cm³/mol. The SMILES string of the molecule is CCCc1nc(CO)c(C(=O)OCc2oc(=O)oc2C)n1Cc1ccc(-c2ccccc2-c2nnn[nH]2)cc1.